The number of rotatable bonds is 1. The highest BCUT2D eigenvalue weighted by molar-refractivity contribution is 5.54. The molecule has 11 heavy (non-hydrogen) atoms. The van der Waals surface area contributed by atoms with E-state index in [0.717, 1.165) is 5.56 Å². The lowest BCUT2D eigenvalue weighted by atomic mass is 10.1. The summed E-state index contributed by atoms with van der Waals surface area (Å²) in [7, 11) is 1.75. The van der Waals surface area contributed by atoms with Gasteiger partial charge in [-0.15, -0.1) is 0 Å². The Bertz CT molecular complexity index is 299. The first-order valence-electron chi connectivity index (χ1n) is 3.33. The molecule has 0 radical (unpaired) electrons. The fraction of sp³-hybridized carbons (Fsp3) is 0.250. The van der Waals surface area contributed by atoms with Crippen molar-refractivity contribution in [3.8, 4) is 6.07 Å². The summed E-state index contributed by atoms with van der Waals surface area (Å²) < 4.78 is 0. The van der Waals surface area contributed by atoms with Gasteiger partial charge in [-0.05, 0) is 18.6 Å². The molecule has 0 saturated heterocycles. The Balaban J connectivity index is 3.27. The van der Waals surface area contributed by atoms with Gasteiger partial charge in [0.1, 0.15) is 11.9 Å². The van der Waals surface area contributed by atoms with Gasteiger partial charge in [-0.2, -0.15) is 5.26 Å². The summed E-state index contributed by atoms with van der Waals surface area (Å²) >= 11 is 0. The van der Waals surface area contributed by atoms with Gasteiger partial charge in [0, 0.05) is 13.2 Å². The molecular formula is C8H9N3. The van der Waals surface area contributed by atoms with Gasteiger partial charge in [0.05, 0.1) is 5.56 Å². The second kappa shape index (κ2) is 3.02. The maximum atomic E-state index is 8.70. The lowest BCUT2D eigenvalue weighted by Gasteiger charge is -2.02. The Labute approximate surface area is 65.7 Å². The van der Waals surface area contributed by atoms with Gasteiger partial charge >= 0.3 is 0 Å². The van der Waals surface area contributed by atoms with E-state index in [1.807, 2.05) is 13.0 Å². The Morgan fingerprint density at radius 3 is 2.82 bits per heavy atom. The summed E-state index contributed by atoms with van der Waals surface area (Å²) in [5, 5.41) is 11.6. The average molecular weight is 147 g/mol. The highest BCUT2D eigenvalue weighted by atomic mass is 15.0. The normalized spacial score (nSPS) is 8.82. The van der Waals surface area contributed by atoms with E-state index in [4.69, 9.17) is 5.26 Å². The van der Waals surface area contributed by atoms with Crippen molar-refractivity contribution < 1.29 is 0 Å². The number of nitrogens with zero attached hydrogens (tertiary/aromatic N) is 2. The van der Waals surface area contributed by atoms with E-state index in [0.29, 0.717) is 11.4 Å². The molecular weight excluding hydrogens is 138 g/mol. The van der Waals surface area contributed by atoms with Gasteiger partial charge in [-0.1, -0.05) is 0 Å². The molecule has 0 spiro atoms. The fourth-order valence-corrected chi connectivity index (χ4v) is 0.889. The number of nitrogens with one attached hydrogen (secondary N) is 1. The van der Waals surface area contributed by atoms with Crippen LogP contribution in [0.1, 0.15) is 11.1 Å². The van der Waals surface area contributed by atoms with E-state index in [-0.39, 0.29) is 0 Å². The number of nitriles is 1. The predicted octanol–water partition coefficient (Wildman–Crippen LogP) is 1.30. The first kappa shape index (κ1) is 7.55. The van der Waals surface area contributed by atoms with Crippen molar-refractivity contribution in [3.05, 3.63) is 23.4 Å². The number of hydrogen-bond donors (Lipinski definition) is 1. The molecule has 0 aliphatic heterocycles. The number of pyridine rings is 1. The van der Waals surface area contributed by atoms with E-state index in [9.17, 15) is 0 Å². The van der Waals surface area contributed by atoms with Crippen molar-refractivity contribution >= 4 is 5.82 Å². The molecule has 0 atom stereocenters. The third-order valence-electron chi connectivity index (χ3n) is 1.51. The Kier molecular flexibility index (Phi) is 2.07. The van der Waals surface area contributed by atoms with Crippen molar-refractivity contribution in [1.29, 1.82) is 5.26 Å². The van der Waals surface area contributed by atoms with E-state index >= 15 is 0 Å². The third-order valence-corrected chi connectivity index (χ3v) is 1.51. The van der Waals surface area contributed by atoms with Gasteiger partial charge < -0.3 is 5.32 Å². The van der Waals surface area contributed by atoms with Crippen molar-refractivity contribution in [2.75, 3.05) is 12.4 Å². The molecule has 3 nitrogen and oxygen atoms in total. The molecule has 0 saturated carbocycles. The topological polar surface area (TPSA) is 48.7 Å². The lowest BCUT2D eigenvalue weighted by Crippen LogP contribution is -1.97. The molecule has 1 N–H and O–H groups in total. The summed E-state index contributed by atoms with van der Waals surface area (Å²) in [6.07, 6.45) is 1.68. The largest absolute Gasteiger partial charge is 0.372 e. The van der Waals surface area contributed by atoms with Gasteiger partial charge in [0.15, 0.2) is 0 Å². The zero-order chi connectivity index (χ0) is 8.27. The van der Waals surface area contributed by atoms with Crippen LogP contribution >= 0.6 is 0 Å². The first-order valence-corrected chi connectivity index (χ1v) is 3.33. The van der Waals surface area contributed by atoms with E-state index in [1.165, 1.54) is 0 Å². The summed E-state index contributed by atoms with van der Waals surface area (Å²) in [6, 6.07) is 3.91. The smallest absolute Gasteiger partial charge is 0.143 e. The van der Waals surface area contributed by atoms with Crippen molar-refractivity contribution in [3.63, 3.8) is 0 Å². The molecule has 1 aromatic heterocycles. The quantitative estimate of drug-likeness (QED) is 0.651. The van der Waals surface area contributed by atoms with E-state index in [2.05, 4.69) is 16.4 Å². The van der Waals surface area contributed by atoms with Crippen LogP contribution in [-0.4, -0.2) is 12.0 Å². The summed E-state index contributed by atoms with van der Waals surface area (Å²) in [5.41, 5.74) is 1.57. The minimum absolute atomic E-state index is 0.620. The van der Waals surface area contributed by atoms with Gasteiger partial charge in [0.25, 0.3) is 0 Å². The molecule has 0 aliphatic carbocycles. The SMILES string of the molecule is CNc1nccc(C)c1C#N. The standard InChI is InChI=1S/C8H9N3/c1-6-3-4-11-8(10-2)7(6)5-9/h3-4H,1-2H3,(H,10,11). The third kappa shape index (κ3) is 1.30. The Morgan fingerprint density at radius 1 is 1.64 bits per heavy atom. The monoisotopic (exact) mass is 147 g/mol. The van der Waals surface area contributed by atoms with Crippen LogP contribution in [-0.2, 0) is 0 Å². The van der Waals surface area contributed by atoms with Crippen molar-refractivity contribution in [2.45, 2.75) is 6.92 Å². The molecule has 1 heterocycles. The summed E-state index contributed by atoms with van der Waals surface area (Å²) in [6.45, 7) is 1.89. The second-order valence-electron chi connectivity index (χ2n) is 2.21. The fourth-order valence-electron chi connectivity index (χ4n) is 0.889. The average Bonchev–Trinajstić information content (AvgIpc) is 2.04. The number of hydrogen-bond acceptors (Lipinski definition) is 3. The van der Waals surface area contributed by atoms with Crippen LogP contribution in [0.15, 0.2) is 12.3 Å². The zero-order valence-electron chi connectivity index (χ0n) is 6.55. The van der Waals surface area contributed by atoms with Gasteiger partial charge in [-0.3, -0.25) is 0 Å². The number of aryl methyl sites for hydroxylation is 1. The van der Waals surface area contributed by atoms with Gasteiger partial charge in [-0.25, -0.2) is 4.98 Å². The van der Waals surface area contributed by atoms with Crippen LogP contribution in [0.2, 0.25) is 0 Å². The molecule has 3 heteroatoms. The van der Waals surface area contributed by atoms with E-state index in [1.54, 1.807) is 13.2 Å². The van der Waals surface area contributed by atoms with Crippen LogP contribution in [0.25, 0.3) is 0 Å². The van der Waals surface area contributed by atoms with Crippen LogP contribution in [0.4, 0.5) is 5.82 Å². The molecule has 0 amide bonds. The van der Waals surface area contributed by atoms with Crippen molar-refractivity contribution in [2.24, 2.45) is 0 Å². The van der Waals surface area contributed by atoms with Crippen LogP contribution in [0.5, 0.6) is 0 Å². The van der Waals surface area contributed by atoms with Gasteiger partial charge in [0.2, 0.25) is 0 Å². The highest BCUT2D eigenvalue weighted by Gasteiger charge is 2.02. The molecule has 56 valence electrons. The first-order chi connectivity index (χ1) is 5.29. The van der Waals surface area contributed by atoms with Crippen LogP contribution in [0.3, 0.4) is 0 Å². The Hall–Kier alpha value is -1.56. The molecule has 1 rings (SSSR count). The maximum Gasteiger partial charge on any atom is 0.143 e. The molecule has 1 aromatic rings. The molecule has 0 bridgehead atoms. The minimum Gasteiger partial charge on any atom is -0.372 e. The summed E-state index contributed by atoms with van der Waals surface area (Å²) in [4.78, 5) is 4.00. The summed E-state index contributed by atoms with van der Waals surface area (Å²) in [5.74, 6) is 0.646. The van der Waals surface area contributed by atoms with E-state index < -0.39 is 0 Å². The lowest BCUT2D eigenvalue weighted by molar-refractivity contribution is 1.23. The molecule has 0 unspecified atom stereocenters. The van der Waals surface area contributed by atoms with Crippen LogP contribution < -0.4 is 5.32 Å². The highest BCUT2D eigenvalue weighted by Crippen LogP contribution is 2.13. The molecule has 0 aromatic carbocycles. The Morgan fingerprint density at radius 2 is 2.36 bits per heavy atom. The minimum atomic E-state index is 0.620. The van der Waals surface area contributed by atoms with Crippen LogP contribution in [0, 0.1) is 18.3 Å². The zero-order valence-corrected chi connectivity index (χ0v) is 6.55. The predicted molar refractivity (Wildman–Crippen MR) is 43.2 cm³/mol. The molecule has 0 fully saturated rings. The second-order valence-corrected chi connectivity index (χ2v) is 2.21. The maximum absolute atomic E-state index is 8.70. The number of aromatic nitrogens is 1. The van der Waals surface area contributed by atoms with Crippen molar-refractivity contribution in [1.82, 2.24) is 4.98 Å². The molecule has 0 aliphatic rings. The number of anilines is 1.